The molecule has 0 saturated heterocycles. The molecule has 134 valence electrons. The monoisotopic (exact) mass is 358 g/mol. The van der Waals surface area contributed by atoms with Gasteiger partial charge in [0.1, 0.15) is 25.4 Å². The normalized spacial score (nSPS) is 12.1. The largest absolute Gasteiger partial charge is 0.508 e. The summed E-state index contributed by atoms with van der Waals surface area (Å²) in [4.78, 5) is 0. The van der Waals surface area contributed by atoms with E-state index in [1.165, 1.54) is 18.2 Å². The lowest BCUT2D eigenvalue weighted by atomic mass is 10.0. The van der Waals surface area contributed by atoms with Crippen LogP contribution in [0.1, 0.15) is 47.1 Å². The van der Waals surface area contributed by atoms with E-state index in [2.05, 4.69) is 53.0 Å². The molecule has 2 aromatic carbocycles. The summed E-state index contributed by atoms with van der Waals surface area (Å²) in [6.45, 7) is 13.2. The molecular formula is C21H27FO2Si. The average molecular weight is 359 g/mol. The molecule has 4 heteroatoms. The first-order chi connectivity index (χ1) is 11.6. The van der Waals surface area contributed by atoms with Crippen molar-refractivity contribution in [2.75, 3.05) is 0 Å². The standard InChI is InChI=1S/C21H27FO2Si/c1-13(2)25(14(3)4,15(5)6)10-9-18-19(22)8-7-16-11-17(23)12-20(24)21(16)18/h7-8,11-15,23-24H,1-6H3. The van der Waals surface area contributed by atoms with Gasteiger partial charge in [-0.05, 0) is 34.1 Å². The van der Waals surface area contributed by atoms with E-state index in [0.29, 0.717) is 27.4 Å². The first-order valence-corrected chi connectivity index (χ1v) is 11.0. The lowest BCUT2D eigenvalue weighted by Crippen LogP contribution is -2.43. The molecule has 2 rings (SSSR count). The summed E-state index contributed by atoms with van der Waals surface area (Å²) in [5, 5.41) is 20.8. The smallest absolute Gasteiger partial charge is 0.146 e. The highest BCUT2D eigenvalue weighted by Crippen LogP contribution is 2.41. The van der Waals surface area contributed by atoms with Gasteiger partial charge in [0.15, 0.2) is 0 Å². The van der Waals surface area contributed by atoms with E-state index in [1.807, 2.05) is 0 Å². The van der Waals surface area contributed by atoms with Crippen LogP contribution in [0.5, 0.6) is 11.5 Å². The van der Waals surface area contributed by atoms with E-state index < -0.39 is 13.9 Å². The number of phenolic OH excluding ortho intramolecular Hbond substituents is 2. The number of benzene rings is 2. The number of halogens is 1. The van der Waals surface area contributed by atoms with Crippen LogP contribution in [-0.2, 0) is 0 Å². The molecule has 2 N–H and O–H groups in total. The molecule has 0 saturated carbocycles. The predicted molar refractivity (Wildman–Crippen MR) is 105 cm³/mol. The summed E-state index contributed by atoms with van der Waals surface area (Å²) in [6, 6.07) is 5.63. The molecule has 0 aliphatic rings. The van der Waals surface area contributed by atoms with Crippen LogP contribution in [0.3, 0.4) is 0 Å². The highest BCUT2D eigenvalue weighted by Gasteiger charge is 2.41. The van der Waals surface area contributed by atoms with Crippen molar-refractivity contribution in [3.8, 4) is 23.0 Å². The van der Waals surface area contributed by atoms with Crippen LogP contribution < -0.4 is 0 Å². The highest BCUT2D eigenvalue weighted by molar-refractivity contribution is 6.90. The van der Waals surface area contributed by atoms with Crippen LogP contribution in [0.15, 0.2) is 24.3 Å². The van der Waals surface area contributed by atoms with E-state index in [1.54, 1.807) is 6.07 Å². The summed E-state index contributed by atoms with van der Waals surface area (Å²) >= 11 is 0. The molecule has 0 bridgehead atoms. The van der Waals surface area contributed by atoms with Gasteiger partial charge in [-0.2, -0.15) is 0 Å². The van der Waals surface area contributed by atoms with Gasteiger partial charge in [-0.15, -0.1) is 5.54 Å². The van der Waals surface area contributed by atoms with Gasteiger partial charge < -0.3 is 10.2 Å². The fourth-order valence-electron chi connectivity index (χ4n) is 4.13. The Kier molecular flexibility index (Phi) is 5.48. The number of hydrogen-bond donors (Lipinski definition) is 2. The minimum absolute atomic E-state index is 0.0502. The van der Waals surface area contributed by atoms with Crippen LogP contribution >= 0.6 is 0 Å². The number of fused-ring (bicyclic) bond motifs is 1. The molecule has 0 spiro atoms. The van der Waals surface area contributed by atoms with Gasteiger partial charge in [0, 0.05) is 11.5 Å². The lowest BCUT2D eigenvalue weighted by molar-refractivity contribution is 0.455. The molecule has 0 fully saturated rings. The van der Waals surface area contributed by atoms with Crippen molar-refractivity contribution in [1.29, 1.82) is 0 Å². The van der Waals surface area contributed by atoms with Crippen molar-refractivity contribution in [2.24, 2.45) is 0 Å². The predicted octanol–water partition coefficient (Wildman–Crippen LogP) is 5.96. The number of aromatic hydroxyl groups is 2. The van der Waals surface area contributed by atoms with Crippen molar-refractivity contribution < 1.29 is 14.6 Å². The third-order valence-corrected chi connectivity index (χ3v) is 11.6. The zero-order chi connectivity index (χ0) is 18.9. The maximum absolute atomic E-state index is 14.5. The maximum atomic E-state index is 14.5. The molecular weight excluding hydrogens is 331 g/mol. The second kappa shape index (κ2) is 7.09. The van der Waals surface area contributed by atoms with Crippen LogP contribution in [0.4, 0.5) is 4.39 Å². The fourth-order valence-corrected chi connectivity index (χ4v) is 9.34. The minimum Gasteiger partial charge on any atom is -0.508 e. The Balaban J connectivity index is 2.77. The van der Waals surface area contributed by atoms with E-state index in [4.69, 9.17) is 0 Å². The Labute approximate surface area is 150 Å². The van der Waals surface area contributed by atoms with E-state index in [9.17, 15) is 14.6 Å². The van der Waals surface area contributed by atoms with Gasteiger partial charge in [-0.25, -0.2) is 4.39 Å². The number of phenols is 2. The third-order valence-electron chi connectivity index (χ3n) is 5.30. The van der Waals surface area contributed by atoms with Crippen molar-refractivity contribution in [3.63, 3.8) is 0 Å². The molecule has 0 aliphatic carbocycles. The van der Waals surface area contributed by atoms with E-state index >= 15 is 0 Å². The quantitative estimate of drug-likeness (QED) is 0.525. The molecule has 0 amide bonds. The molecule has 0 unspecified atom stereocenters. The summed E-state index contributed by atoms with van der Waals surface area (Å²) in [5.74, 6) is 2.45. The van der Waals surface area contributed by atoms with Crippen molar-refractivity contribution in [3.05, 3.63) is 35.6 Å². The van der Waals surface area contributed by atoms with Gasteiger partial charge in [0.25, 0.3) is 0 Å². The first kappa shape index (κ1) is 19.3. The molecule has 0 heterocycles. The summed E-state index contributed by atoms with van der Waals surface area (Å²) in [5.41, 5.74) is 5.04. The topological polar surface area (TPSA) is 40.5 Å². The Hall–Kier alpha value is -1.99. The Morgan fingerprint density at radius 2 is 1.48 bits per heavy atom. The maximum Gasteiger partial charge on any atom is 0.146 e. The summed E-state index contributed by atoms with van der Waals surface area (Å²) < 4.78 is 14.5. The van der Waals surface area contributed by atoms with Crippen LogP contribution in [-0.4, -0.2) is 18.3 Å². The first-order valence-electron chi connectivity index (χ1n) is 8.78. The minimum atomic E-state index is -2.01. The fraction of sp³-hybridized carbons (Fsp3) is 0.429. The third kappa shape index (κ3) is 3.39. The van der Waals surface area contributed by atoms with E-state index in [-0.39, 0.29) is 17.1 Å². The van der Waals surface area contributed by atoms with Crippen LogP contribution in [0.2, 0.25) is 16.6 Å². The lowest BCUT2D eigenvalue weighted by Gasteiger charge is -2.38. The Bertz CT molecular complexity index is 823. The molecule has 2 aromatic rings. The molecule has 0 atom stereocenters. The molecule has 0 radical (unpaired) electrons. The SMILES string of the molecule is CC(C)[Si](C#Cc1c(F)ccc2cc(O)cc(O)c12)(C(C)C)C(C)C. The van der Waals surface area contributed by atoms with Gasteiger partial charge in [-0.1, -0.05) is 53.5 Å². The van der Waals surface area contributed by atoms with E-state index in [0.717, 1.165) is 0 Å². The van der Waals surface area contributed by atoms with Crippen molar-refractivity contribution >= 4 is 18.8 Å². The molecule has 0 aromatic heterocycles. The van der Waals surface area contributed by atoms with Gasteiger partial charge >= 0.3 is 0 Å². The number of hydrogen-bond acceptors (Lipinski definition) is 2. The molecule has 25 heavy (non-hydrogen) atoms. The summed E-state index contributed by atoms with van der Waals surface area (Å²) in [6.07, 6.45) is 0. The molecule has 0 aliphatic heterocycles. The second-order valence-electron chi connectivity index (χ2n) is 7.63. The van der Waals surface area contributed by atoms with Crippen molar-refractivity contribution in [2.45, 2.75) is 58.2 Å². The van der Waals surface area contributed by atoms with Crippen LogP contribution in [0, 0.1) is 17.3 Å². The highest BCUT2D eigenvalue weighted by atomic mass is 28.3. The van der Waals surface area contributed by atoms with Crippen molar-refractivity contribution in [1.82, 2.24) is 0 Å². The second-order valence-corrected chi connectivity index (χ2v) is 13.2. The van der Waals surface area contributed by atoms with Crippen LogP contribution in [0.25, 0.3) is 10.8 Å². The zero-order valence-corrected chi connectivity index (χ0v) is 16.8. The summed E-state index contributed by atoms with van der Waals surface area (Å²) in [7, 11) is -2.01. The van der Waals surface area contributed by atoms with Gasteiger partial charge in [0.2, 0.25) is 0 Å². The average Bonchev–Trinajstić information content (AvgIpc) is 2.48. The number of rotatable bonds is 3. The van der Waals surface area contributed by atoms with Gasteiger partial charge in [0.05, 0.1) is 5.56 Å². The Morgan fingerprint density at radius 3 is 2.00 bits per heavy atom. The zero-order valence-electron chi connectivity index (χ0n) is 15.8. The Morgan fingerprint density at radius 1 is 0.920 bits per heavy atom. The molecule has 2 nitrogen and oxygen atoms in total. The van der Waals surface area contributed by atoms with Gasteiger partial charge in [-0.3, -0.25) is 0 Å².